The van der Waals surface area contributed by atoms with Crippen molar-refractivity contribution in [1.82, 2.24) is 5.32 Å². The maximum atomic E-state index is 13.3. The molecule has 0 saturated carbocycles. The summed E-state index contributed by atoms with van der Waals surface area (Å²) in [5.41, 5.74) is -0.942. The van der Waals surface area contributed by atoms with Gasteiger partial charge in [-0.15, -0.1) is 0 Å². The Labute approximate surface area is 118 Å². The zero-order valence-electron chi connectivity index (χ0n) is 11.1. The molecule has 0 atom stereocenters. The Balaban J connectivity index is 2.59. The van der Waals surface area contributed by atoms with Crippen LogP contribution in [0.3, 0.4) is 0 Å². The molecule has 0 aliphatic carbocycles. The maximum Gasteiger partial charge on any atom is 0.305 e. The van der Waals surface area contributed by atoms with Crippen LogP contribution in [-0.2, 0) is 9.53 Å². The molecule has 0 unspecified atom stereocenters. The summed E-state index contributed by atoms with van der Waals surface area (Å²) in [4.78, 5) is 22.5. The van der Waals surface area contributed by atoms with Gasteiger partial charge in [0.2, 0.25) is 0 Å². The highest BCUT2D eigenvalue weighted by molar-refractivity contribution is 5.94. The van der Waals surface area contributed by atoms with E-state index in [1.54, 1.807) is 6.92 Å². The smallest absolute Gasteiger partial charge is 0.305 e. The van der Waals surface area contributed by atoms with Crippen LogP contribution in [0.1, 0.15) is 30.1 Å². The van der Waals surface area contributed by atoms with Crippen molar-refractivity contribution in [2.75, 3.05) is 13.2 Å². The van der Waals surface area contributed by atoms with Gasteiger partial charge in [0, 0.05) is 13.0 Å². The van der Waals surface area contributed by atoms with E-state index in [9.17, 15) is 27.2 Å². The summed E-state index contributed by atoms with van der Waals surface area (Å²) in [6.07, 6.45) is 0.237. The first-order valence-corrected chi connectivity index (χ1v) is 6.15. The Morgan fingerprint density at radius 1 is 1.14 bits per heavy atom. The third kappa shape index (κ3) is 4.44. The molecule has 1 N–H and O–H groups in total. The van der Waals surface area contributed by atoms with Crippen molar-refractivity contribution in [2.45, 2.75) is 19.8 Å². The maximum absolute atomic E-state index is 13.3. The van der Waals surface area contributed by atoms with Crippen LogP contribution >= 0.6 is 0 Å². The van der Waals surface area contributed by atoms with Gasteiger partial charge in [-0.3, -0.25) is 9.59 Å². The molecule has 0 aliphatic heterocycles. The molecule has 0 radical (unpaired) electrons. The lowest BCUT2D eigenvalue weighted by Gasteiger charge is -2.07. The van der Waals surface area contributed by atoms with Crippen molar-refractivity contribution in [3.05, 3.63) is 34.9 Å². The largest absolute Gasteiger partial charge is 0.466 e. The lowest BCUT2D eigenvalue weighted by molar-refractivity contribution is -0.143. The van der Waals surface area contributed by atoms with Crippen LogP contribution in [0.5, 0.6) is 0 Å². The molecular formula is C13H13F4NO3. The summed E-state index contributed by atoms with van der Waals surface area (Å²) < 4.78 is 56.6. The van der Waals surface area contributed by atoms with Gasteiger partial charge >= 0.3 is 5.97 Å². The van der Waals surface area contributed by atoms with Crippen molar-refractivity contribution < 1.29 is 31.9 Å². The van der Waals surface area contributed by atoms with Gasteiger partial charge in [-0.1, -0.05) is 0 Å². The fourth-order valence-corrected chi connectivity index (χ4v) is 1.50. The third-order valence-electron chi connectivity index (χ3n) is 2.50. The van der Waals surface area contributed by atoms with Gasteiger partial charge in [0.05, 0.1) is 12.2 Å². The number of ether oxygens (including phenoxy) is 1. The molecule has 0 bridgehead atoms. The molecule has 0 spiro atoms. The van der Waals surface area contributed by atoms with Gasteiger partial charge in [-0.05, 0) is 19.4 Å². The molecule has 21 heavy (non-hydrogen) atoms. The second-order valence-corrected chi connectivity index (χ2v) is 4.01. The highest BCUT2D eigenvalue weighted by Gasteiger charge is 2.22. The lowest BCUT2D eigenvalue weighted by atomic mass is 10.1. The Morgan fingerprint density at radius 2 is 1.81 bits per heavy atom. The highest BCUT2D eigenvalue weighted by atomic mass is 19.2. The monoisotopic (exact) mass is 307 g/mol. The summed E-state index contributed by atoms with van der Waals surface area (Å²) in [7, 11) is 0. The molecule has 0 aliphatic rings. The van der Waals surface area contributed by atoms with E-state index in [2.05, 4.69) is 10.1 Å². The molecule has 4 nitrogen and oxygen atoms in total. The van der Waals surface area contributed by atoms with Crippen molar-refractivity contribution in [1.29, 1.82) is 0 Å². The molecule has 1 aromatic rings. The Hall–Kier alpha value is -2.12. The predicted molar refractivity (Wildman–Crippen MR) is 64.5 cm³/mol. The zero-order chi connectivity index (χ0) is 16.0. The van der Waals surface area contributed by atoms with Crippen LogP contribution in [-0.4, -0.2) is 25.0 Å². The number of esters is 1. The van der Waals surface area contributed by atoms with Crippen LogP contribution in [0.15, 0.2) is 6.07 Å². The molecule has 0 fully saturated rings. The van der Waals surface area contributed by atoms with E-state index >= 15 is 0 Å². The van der Waals surface area contributed by atoms with E-state index in [0.29, 0.717) is 0 Å². The first kappa shape index (κ1) is 16.9. The fraction of sp³-hybridized carbons (Fsp3) is 0.385. The molecule has 116 valence electrons. The number of carbonyl (C=O) groups is 2. The number of amides is 1. The summed E-state index contributed by atoms with van der Waals surface area (Å²) in [5, 5.41) is 2.17. The summed E-state index contributed by atoms with van der Waals surface area (Å²) in [6, 6.07) is 0.272. The quantitative estimate of drug-likeness (QED) is 0.288. The second-order valence-electron chi connectivity index (χ2n) is 4.01. The van der Waals surface area contributed by atoms with Gasteiger partial charge in [-0.25, -0.2) is 17.6 Å². The van der Waals surface area contributed by atoms with E-state index < -0.39 is 40.7 Å². The molecular weight excluding hydrogens is 294 g/mol. The lowest BCUT2D eigenvalue weighted by Crippen LogP contribution is -2.26. The van der Waals surface area contributed by atoms with E-state index in [-0.39, 0.29) is 32.1 Å². The predicted octanol–water partition coefficient (Wildman–Crippen LogP) is 2.32. The topological polar surface area (TPSA) is 55.4 Å². The third-order valence-corrected chi connectivity index (χ3v) is 2.50. The van der Waals surface area contributed by atoms with Crippen LogP contribution in [0.25, 0.3) is 0 Å². The number of rotatable bonds is 6. The SMILES string of the molecule is CCOC(=O)CCCNC(=O)c1cc(F)c(F)c(F)c1F. The number of hydrogen-bond acceptors (Lipinski definition) is 3. The highest BCUT2D eigenvalue weighted by Crippen LogP contribution is 2.18. The van der Waals surface area contributed by atoms with Gasteiger partial charge in [-0.2, -0.15) is 0 Å². The number of benzene rings is 1. The molecule has 8 heteroatoms. The van der Waals surface area contributed by atoms with Gasteiger partial charge in [0.1, 0.15) is 0 Å². The first-order valence-electron chi connectivity index (χ1n) is 6.15. The van der Waals surface area contributed by atoms with Crippen molar-refractivity contribution in [3.63, 3.8) is 0 Å². The number of hydrogen-bond donors (Lipinski definition) is 1. The van der Waals surface area contributed by atoms with Crippen LogP contribution in [0.4, 0.5) is 17.6 Å². The minimum Gasteiger partial charge on any atom is -0.466 e. The van der Waals surface area contributed by atoms with E-state index in [1.807, 2.05) is 0 Å². The second kappa shape index (κ2) is 7.61. The van der Waals surface area contributed by atoms with Gasteiger partial charge in [0.15, 0.2) is 23.3 Å². The van der Waals surface area contributed by atoms with Gasteiger partial charge < -0.3 is 10.1 Å². The molecule has 0 heterocycles. The zero-order valence-corrected chi connectivity index (χ0v) is 11.1. The molecule has 1 rings (SSSR count). The average molecular weight is 307 g/mol. The first-order chi connectivity index (χ1) is 9.88. The van der Waals surface area contributed by atoms with Crippen molar-refractivity contribution >= 4 is 11.9 Å². The van der Waals surface area contributed by atoms with Crippen LogP contribution in [0.2, 0.25) is 0 Å². The van der Waals surface area contributed by atoms with Crippen LogP contribution in [0, 0.1) is 23.3 Å². The van der Waals surface area contributed by atoms with E-state index in [1.165, 1.54) is 0 Å². The summed E-state index contributed by atoms with van der Waals surface area (Å²) in [6.45, 7) is 1.84. The van der Waals surface area contributed by atoms with E-state index in [0.717, 1.165) is 0 Å². The normalized spacial score (nSPS) is 10.3. The summed E-state index contributed by atoms with van der Waals surface area (Å²) >= 11 is 0. The molecule has 1 aromatic carbocycles. The van der Waals surface area contributed by atoms with Crippen LogP contribution < -0.4 is 5.32 Å². The standard InChI is InChI=1S/C13H13F4NO3/c1-2-21-9(19)4-3-5-18-13(20)7-6-8(14)11(16)12(17)10(7)15/h6H,2-5H2,1H3,(H,18,20). The fourth-order valence-electron chi connectivity index (χ4n) is 1.50. The minimum absolute atomic E-state index is 0.0301. The van der Waals surface area contributed by atoms with Crippen molar-refractivity contribution in [2.24, 2.45) is 0 Å². The number of carbonyl (C=O) groups excluding carboxylic acids is 2. The van der Waals surface area contributed by atoms with Gasteiger partial charge in [0.25, 0.3) is 5.91 Å². The Morgan fingerprint density at radius 3 is 2.43 bits per heavy atom. The number of halogens is 4. The summed E-state index contributed by atoms with van der Waals surface area (Å²) in [5.74, 6) is -9.02. The average Bonchev–Trinajstić information content (AvgIpc) is 2.45. The molecule has 0 saturated heterocycles. The number of nitrogens with one attached hydrogen (secondary N) is 1. The minimum atomic E-state index is -2.05. The molecule has 0 aromatic heterocycles. The van der Waals surface area contributed by atoms with E-state index in [4.69, 9.17) is 0 Å². The molecule has 1 amide bonds. The van der Waals surface area contributed by atoms with Crippen molar-refractivity contribution in [3.8, 4) is 0 Å². The Bertz CT molecular complexity index is 549. The Kier molecular flexibility index (Phi) is 6.13.